The van der Waals surface area contributed by atoms with E-state index in [-0.39, 0.29) is 17.2 Å². The largest absolute Gasteiger partial charge is 0.497 e. The van der Waals surface area contributed by atoms with Gasteiger partial charge in [0.25, 0.3) is 5.56 Å². The van der Waals surface area contributed by atoms with E-state index in [4.69, 9.17) is 9.47 Å². The topological polar surface area (TPSA) is 82.5 Å². The molecule has 28 heavy (non-hydrogen) atoms. The van der Waals surface area contributed by atoms with Crippen LogP contribution in [0.3, 0.4) is 0 Å². The SMILES string of the molecule is COc1ccc(CNC(=O)CSc2nc3ccccc3n(C)c2=O)c(OC)c1. The molecule has 0 spiro atoms. The van der Waals surface area contributed by atoms with Crippen molar-refractivity contribution in [3.8, 4) is 11.5 Å². The lowest BCUT2D eigenvalue weighted by atomic mass is 10.2. The van der Waals surface area contributed by atoms with Gasteiger partial charge in [0.1, 0.15) is 11.5 Å². The second-order valence-corrected chi connectivity index (χ2v) is 6.98. The third-order valence-corrected chi connectivity index (χ3v) is 5.21. The Bertz CT molecular complexity index is 1060. The summed E-state index contributed by atoms with van der Waals surface area (Å²) in [7, 11) is 4.85. The predicted molar refractivity (Wildman–Crippen MR) is 109 cm³/mol. The Morgan fingerprint density at radius 1 is 1.18 bits per heavy atom. The molecule has 1 N–H and O–H groups in total. The molecule has 1 heterocycles. The van der Waals surface area contributed by atoms with Crippen LogP contribution in [0.25, 0.3) is 11.0 Å². The Morgan fingerprint density at radius 2 is 1.96 bits per heavy atom. The van der Waals surface area contributed by atoms with Gasteiger partial charge in [0, 0.05) is 25.2 Å². The first kappa shape index (κ1) is 19.8. The van der Waals surface area contributed by atoms with E-state index in [0.717, 1.165) is 28.4 Å². The van der Waals surface area contributed by atoms with E-state index in [1.54, 1.807) is 31.9 Å². The normalized spacial score (nSPS) is 10.7. The first-order valence-electron chi connectivity index (χ1n) is 8.59. The molecule has 0 bridgehead atoms. The molecular formula is C20H21N3O4S. The van der Waals surface area contributed by atoms with Crippen molar-refractivity contribution in [3.63, 3.8) is 0 Å². The van der Waals surface area contributed by atoms with Gasteiger partial charge in [-0.25, -0.2) is 4.98 Å². The van der Waals surface area contributed by atoms with E-state index in [0.29, 0.717) is 23.1 Å². The van der Waals surface area contributed by atoms with Crippen molar-refractivity contribution >= 4 is 28.7 Å². The second-order valence-electron chi connectivity index (χ2n) is 6.01. The molecule has 7 nitrogen and oxygen atoms in total. The minimum Gasteiger partial charge on any atom is -0.497 e. The van der Waals surface area contributed by atoms with Crippen LogP contribution in [0.15, 0.2) is 52.3 Å². The molecule has 0 aliphatic carbocycles. The van der Waals surface area contributed by atoms with Gasteiger partial charge in [-0.1, -0.05) is 23.9 Å². The van der Waals surface area contributed by atoms with Crippen LogP contribution in [0.4, 0.5) is 0 Å². The van der Waals surface area contributed by atoms with Gasteiger partial charge >= 0.3 is 0 Å². The number of aromatic nitrogens is 2. The highest BCUT2D eigenvalue weighted by atomic mass is 32.2. The van der Waals surface area contributed by atoms with Crippen molar-refractivity contribution < 1.29 is 14.3 Å². The molecule has 1 aromatic heterocycles. The summed E-state index contributed by atoms with van der Waals surface area (Å²) in [4.78, 5) is 29.1. The number of fused-ring (bicyclic) bond motifs is 1. The highest BCUT2D eigenvalue weighted by molar-refractivity contribution is 7.99. The molecule has 3 rings (SSSR count). The first-order chi connectivity index (χ1) is 13.5. The van der Waals surface area contributed by atoms with Gasteiger partial charge in [-0.15, -0.1) is 0 Å². The zero-order chi connectivity index (χ0) is 20.1. The fourth-order valence-corrected chi connectivity index (χ4v) is 3.52. The third-order valence-electron chi connectivity index (χ3n) is 4.26. The van der Waals surface area contributed by atoms with Gasteiger partial charge in [-0.2, -0.15) is 0 Å². The third kappa shape index (κ3) is 4.28. The number of carbonyl (C=O) groups excluding carboxylic acids is 1. The van der Waals surface area contributed by atoms with Crippen molar-refractivity contribution in [2.24, 2.45) is 7.05 Å². The Labute approximate surface area is 166 Å². The zero-order valence-corrected chi connectivity index (χ0v) is 16.7. The maximum Gasteiger partial charge on any atom is 0.283 e. The standard InChI is InChI=1S/C20H21N3O4S/c1-23-16-7-5-4-6-15(16)22-19(20(23)25)28-12-18(24)21-11-13-8-9-14(26-2)10-17(13)27-3/h4-10H,11-12H2,1-3H3,(H,21,24). The van der Waals surface area contributed by atoms with Crippen LogP contribution >= 0.6 is 11.8 Å². The fraction of sp³-hybridized carbons (Fsp3) is 0.250. The molecule has 0 saturated carbocycles. The predicted octanol–water partition coefficient (Wildman–Crippen LogP) is 2.36. The van der Waals surface area contributed by atoms with Crippen molar-refractivity contribution in [1.29, 1.82) is 0 Å². The van der Waals surface area contributed by atoms with Crippen molar-refractivity contribution in [2.45, 2.75) is 11.6 Å². The molecule has 0 aliphatic heterocycles. The van der Waals surface area contributed by atoms with Gasteiger partial charge in [0.05, 0.1) is 31.0 Å². The molecular weight excluding hydrogens is 378 g/mol. The summed E-state index contributed by atoms with van der Waals surface area (Å²) in [6, 6.07) is 12.8. The van der Waals surface area contributed by atoms with Crippen molar-refractivity contribution in [3.05, 3.63) is 58.4 Å². The molecule has 0 atom stereocenters. The number of aryl methyl sites for hydroxylation is 1. The molecule has 0 aliphatic rings. The quantitative estimate of drug-likeness (QED) is 0.614. The molecule has 8 heteroatoms. The number of rotatable bonds is 7. The maximum atomic E-state index is 12.4. The molecule has 3 aromatic rings. The van der Waals surface area contributed by atoms with Crippen LogP contribution < -0.4 is 20.3 Å². The summed E-state index contributed by atoms with van der Waals surface area (Å²) >= 11 is 1.13. The van der Waals surface area contributed by atoms with Gasteiger partial charge in [-0.3, -0.25) is 9.59 Å². The van der Waals surface area contributed by atoms with Crippen molar-refractivity contribution in [1.82, 2.24) is 14.9 Å². The first-order valence-corrected chi connectivity index (χ1v) is 9.58. The second kappa shape index (κ2) is 8.79. The van der Waals surface area contributed by atoms with Crippen LogP contribution in [0, 0.1) is 0 Å². The summed E-state index contributed by atoms with van der Waals surface area (Å²) in [5.41, 5.74) is 2.10. The number of nitrogens with one attached hydrogen (secondary N) is 1. The Morgan fingerprint density at radius 3 is 2.71 bits per heavy atom. The van der Waals surface area contributed by atoms with Crippen molar-refractivity contribution in [2.75, 3.05) is 20.0 Å². The lowest BCUT2D eigenvalue weighted by Gasteiger charge is -2.11. The summed E-state index contributed by atoms with van der Waals surface area (Å²) in [5, 5.41) is 3.14. The van der Waals surface area contributed by atoms with Crippen LogP contribution in [0.5, 0.6) is 11.5 Å². The number of ether oxygens (including phenoxy) is 2. The number of hydrogen-bond donors (Lipinski definition) is 1. The van der Waals surface area contributed by atoms with Crippen LogP contribution in [-0.2, 0) is 18.4 Å². The Kier molecular flexibility index (Phi) is 6.20. The molecule has 0 unspecified atom stereocenters. The summed E-state index contributed by atoms with van der Waals surface area (Å²) in [6.07, 6.45) is 0. The Hall–Kier alpha value is -3.00. The van der Waals surface area contributed by atoms with E-state index in [2.05, 4.69) is 10.3 Å². The fourth-order valence-electron chi connectivity index (χ4n) is 2.72. The number of para-hydroxylation sites is 2. The Balaban J connectivity index is 1.64. The summed E-state index contributed by atoms with van der Waals surface area (Å²) < 4.78 is 12.0. The number of methoxy groups -OCH3 is 2. The number of amides is 1. The minimum atomic E-state index is -0.215. The average molecular weight is 399 g/mol. The van der Waals surface area contributed by atoms with E-state index < -0.39 is 0 Å². The molecule has 1 amide bonds. The number of thioether (sulfide) groups is 1. The summed E-state index contributed by atoms with van der Waals surface area (Å²) in [6.45, 7) is 0.315. The maximum absolute atomic E-state index is 12.4. The smallest absolute Gasteiger partial charge is 0.283 e. The molecule has 0 radical (unpaired) electrons. The monoisotopic (exact) mass is 399 g/mol. The highest BCUT2D eigenvalue weighted by Gasteiger charge is 2.12. The van der Waals surface area contributed by atoms with E-state index in [9.17, 15) is 9.59 Å². The lowest BCUT2D eigenvalue weighted by Crippen LogP contribution is -2.26. The van der Waals surface area contributed by atoms with Crippen LogP contribution in [0.2, 0.25) is 0 Å². The average Bonchev–Trinajstić information content (AvgIpc) is 2.73. The molecule has 0 saturated heterocycles. The van der Waals surface area contributed by atoms with Crippen LogP contribution in [-0.4, -0.2) is 35.4 Å². The van der Waals surface area contributed by atoms with E-state index in [1.165, 1.54) is 0 Å². The molecule has 0 fully saturated rings. The molecule has 2 aromatic carbocycles. The van der Waals surface area contributed by atoms with Gasteiger partial charge in [0.2, 0.25) is 5.91 Å². The summed E-state index contributed by atoms with van der Waals surface area (Å²) in [5.74, 6) is 1.22. The van der Waals surface area contributed by atoms with Gasteiger partial charge in [-0.05, 0) is 24.3 Å². The van der Waals surface area contributed by atoms with Crippen LogP contribution in [0.1, 0.15) is 5.56 Å². The molecule has 146 valence electrons. The lowest BCUT2D eigenvalue weighted by molar-refractivity contribution is -0.118. The highest BCUT2D eigenvalue weighted by Crippen LogP contribution is 2.24. The van der Waals surface area contributed by atoms with E-state index >= 15 is 0 Å². The number of hydrogen-bond acceptors (Lipinski definition) is 6. The number of benzene rings is 2. The van der Waals surface area contributed by atoms with E-state index in [1.807, 2.05) is 36.4 Å². The number of nitrogens with zero attached hydrogens (tertiary/aromatic N) is 2. The minimum absolute atomic E-state index is 0.0963. The van der Waals surface area contributed by atoms with Gasteiger partial charge in [0.15, 0.2) is 5.03 Å². The van der Waals surface area contributed by atoms with Gasteiger partial charge < -0.3 is 19.4 Å². The zero-order valence-electron chi connectivity index (χ0n) is 15.9. The number of carbonyl (C=O) groups is 1.